The minimum atomic E-state index is -0.641. The molecule has 0 bridgehead atoms. The third-order valence-corrected chi connectivity index (χ3v) is 6.27. The Bertz CT molecular complexity index is 759. The van der Waals surface area contributed by atoms with Crippen molar-refractivity contribution in [3.8, 4) is 0 Å². The summed E-state index contributed by atoms with van der Waals surface area (Å²) < 4.78 is 5.21. The zero-order chi connectivity index (χ0) is 17.5. The monoisotopic (exact) mass is 348 g/mol. The summed E-state index contributed by atoms with van der Waals surface area (Å²) in [5.41, 5.74) is 0.605. The molecular weight excluding hydrogens is 327 g/mol. The van der Waals surface area contributed by atoms with E-state index < -0.39 is 7.92 Å². The molecule has 0 saturated heterocycles. The van der Waals surface area contributed by atoms with Crippen molar-refractivity contribution in [3.63, 3.8) is 0 Å². The minimum absolute atomic E-state index is 0.253. The Morgan fingerprint density at radius 3 is 1.72 bits per heavy atom. The van der Waals surface area contributed by atoms with Crippen LogP contribution < -0.4 is 15.9 Å². The lowest BCUT2D eigenvalue weighted by atomic mass is 10.2. The lowest BCUT2D eigenvalue weighted by Crippen LogP contribution is -2.20. The highest BCUT2D eigenvalue weighted by Gasteiger charge is 2.16. The van der Waals surface area contributed by atoms with Crippen molar-refractivity contribution in [2.45, 2.75) is 13.3 Å². The standard InChI is InChI=1S/C22H21O2P/c1-2-17-24-22(23)18-13-15-21(16-14-18)25(19-9-5-3-6-10-19)20-11-7-4-8-12-20/h3-16H,2,17H2,1H3. The van der Waals surface area contributed by atoms with Crippen molar-refractivity contribution in [1.29, 1.82) is 0 Å². The molecular formula is C22H21O2P. The molecule has 0 saturated carbocycles. The summed E-state index contributed by atoms with van der Waals surface area (Å²) in [7, 11) is -0.641. The van der Waals surface area contributed by atoms with E-state index in [-0.39, 0.29) is 5.97 Å². The molecule has 0 radical (unpaired) electrons. The number of hydrogen-bond acceptors (Lipinski definition) is 2. The van der Waals surface area contributed by atoms with Crippen LogP contribution in [0, 0.1) is 0 Å². The van der Waals surface area contributed by atoms with Gasteiger partial charge in [0.05, 0.1) is 12.2 Å². The summed E-state index contributed by atoms with van der Waals surface area (Å²) in [5.74, 6) is -0.253. The molecule has 0 spiro atoms. The number of esters is 1. The van der Waals surface area contributed by atoms with Crippen molar-refractivity contribution in [2.75, 3.05) is 6.61 Å². The molecule has 0 aliphatic rings. The number of benzene rings is 3. The normalized spacial score (nSPS) is 10.6. The van der Waals surface area contributed by atoms with Crippen molar-refractivity contribution in [3.05, 3.63) is 90.5 Å². The first-order chi connectivity index (χ1) is 12.3. The van der Waals surface area contributed by atoms with E-state index in [1.807, 2.05) is 43.3 Å². The third kappa shape index (κ3) is 4.35. The van der Waals surface area contributed by atoms with Crippen molar-refractivity contribution in [2.24, 2.45) is 0 Å². The van der Waals surface area contributed by atoms with Crippen LogP contribution in [-0.2, 0) is 4.74 Å². The van der Waals surface area contributed by atoms with E-state index >= 15 is 0 Å². The lowest BCUT2D eigenvalue weighted by Gasteiger charge is -2.19. The summed E-state index contributed by atoms with van der Waals surface area (Å²) in [6.45, 7) is 2.45. The Hall–Kier alpha value is -2.44. The van der Waals surface area contributed by atoms with Crippen molar-refractivity contribution >= 4 is 29.8 Å². The van der Waals surface area contributed by atoms with Crippen LogP contribution in [-0.4, -0.2) is 12.6 Å². The molecule has 3 aromatic carbocycles. The van der Waals surface area contributed by atoms with Crippen molar-refractivity contribution < 1.29 is 9.53 Å². The molecule has 3 heteroatoms. The topological polar surface area (TPSA) is 26.3 Å². The van der Waals surface area contributed by atoms with Gasteiger partial charge in [-0.05, 0) is 42.4 Å². The Balaban J connectivity index is 1.93. The molecule has 126 valence electrons. The number of ether oxygens (including phenoxy) is 1. The summed E-state index contributed by atoms with van der Waals surface area (Å²) >= 11 is 0. The number of carbonyl (C=O) groups excluding carboxylic acids is 1. The first-order valence-corrected chi connectivity index (χ1v) is 9.81. The lowest BCUT2D eigenvalue weighted by molar-refractivity contribution is 0.0505. The fraction of sp³-hybridized carbons (Fsp3) is 0.136. The van der Waals surface area contributed by atoms with Gasteiger partial charge in [0.15, 0.2) is 0 Å². The average Bonchev–Trinajstić information content (AvgIpc) is 2.68. The summed E-state index contributed by atoms with van der Waals surface area (Å²) in [6.07, 6.45) is 0.830. The summed E-state index contributed by atoms with van der Waals surface area (Å²) in [5, 5.41) is 3.81. The van der Waals surface area contributed by atoms with Crippen LogP contribution >= 0.6 is 7.92 Å². The van der Waals surface area contributed by atoms with Crippen LogP contribution in [0.3, 0.4) is 0 Å². The Morgan fingerprint density at radius 1 is 0.760 bits per heavy atom. The van der Waals surface area contributed by atoms with Gasteiger partial charge in [-0.1, -0.05) is 79.7 Å². The largest absolute Gasteiger partial charge is 0.462 e. The second-order valence-corrected chi connectivity index (χ2v) is 7.91. The highest BCUT2D eigenvalue weighted by Crippen LogP contribution is 2.32. The Labute approximate surface area is 150 Å². The fourth-order valence-electron chi connectivity index (χ4n) is 2.63. The number of carbonyl (C=O) groups is 1. The zero-order valence-electron chi connectivity index (χ0n) is 14.3. The van der Waals surface area contributed by atoms with Gasteiger partial charge in [0, 0.05) is 0 Å². The molecule has 0 unspecified atom stereocenters. The predicted molar refractivity (Wildman–Crippen MR) is 106 cm³/mol. The van der Waals surface area contributed by atoms with Gasteiger partial charge in [0.25, 0.3) is 0 Å². The zero-order valence-corrected chi connectivity index (χ0v) is 15.2. The molecule has 0 atom stereocenters. The quantitative estimate of drug-likeness (QED) is 0.497. The molecule has 0 heterocycles. The first-order valence-electron chi connectivity index (χ1n) is 8.47. The highest BCUT2D eigenvalue weighted by molar-refractivity contribution is 7.79. The van der Waals surface area contributed by atoms with Crippen molar-refractivity contribution in [1.82, 2.24) is 0 Å². The highest BCUT2D eigenvalue weighted by atomic mass is 31.1. The van der Waals surface area contributed by atoms with Gasteiger partial charge >= 0.3 is 5.97 Å². The molecule has 0 aliphatic heterocycles. The van der Waals surface area contributed by atoms with Crippen LogP contribution in [0.2, 0.25) is 0 Å². The van der Waals surface area contributed by atoms with Crippen LogP contribution in [0.5, 0.6) is 0 Å². The Morgan fingerprint density at radius 2 is 1.24 bits per heavy atom. The molecule has 25 heavy (non-hydrogen) atoms. The Kier molecular flexibility index (Phi) is 5.98. The maximum absolute atomic E-state index is 12.0. The molecule has 0 amide bonds. The molecule has 0 fully saturated rings. The molecule has 2 nitrogen and oxygen atoms in total. The minimum Gasteiger partial charge on any atom is -0.462 e. The van der Waals surface area contributed by atoms with Crippen LogP contribution in [0.25, 0.3) is 0 Å². The smallest absolute Gasteiger partial charge is 0.338 e. The number of hydrogen-bond donors (Lipinski definition) is 0. The van der Waals surface area contributed by atoms with Gasteiger partial charge in [-0.25, -0.2) is 4.79 Å². The number of rotatable bonds is 6. The van der Waals surface area contributed by atoms with Gasteiger partial charge in [-0.2, -0.15) is 0 Å². The van der Waals surface area contributed by atoms with Crippen LogP contribution in [0.1, 0.15) is 23.7 Å². The molecule has 0 N–H and O–H groups in total. The van der Waals surface area contributed by atoms with E-state index in [0.717, 1.165) is 6.42 Å². The fourth-order valence-corrected chi connectivity index (χ4v) is 4.91. The maximum atomic E-state index is 12.0. The summed E-state index contributed by atoms with van der Waals surface area (Å²) in [6, 6.07) is 28.9. The van der Waals surface area contributed by atoms with E-state index in [1.165, 1.54) is 15.9 Å². The molecule has 3 aromatic rings. The van der Waals surface area contributed by atoms with Gasteiger partial charge in [-0.15, -0.1) is 0 Å². The van der Waals surface area contributed by atoms with E-state index in [2.05, 4.69) is 48.5 Å². The summed E-state index contributed by atoms with van der Waals surface area (Å²) in [4.78, 5) is 12.0. The van der Waals surface area contributed by atoms with Gasteiger partial charge < -0.3 is 4.74 Å². The third-order valence-electron chi connectivity index (χ3n) is 3.83. The maximum Gasteiger partial charge on any atom is 0.338 e. The van der Waals surface area contributed by atoms with Crippen LogP contribution in [0.4, 0.5) is 0 Å². The SMILES string of the molecule is CCCOC(=O)c1ccc(P(c2ccccc2)c2ccccc2)cc1. The molecule has 3 rings (SSSR count). The molecule has 0 aliphatic carbocycles. The molecule has 0 aromatic heterocycles. The van der Waals surface area contributed by atoms with Crippen LogP contribution in [0.15, 0.2) is 84.9 Å². The first kappa shape index (κ1) is 17.4. The van der Waals surface area contributed by atoms with E-state index in [0.29, 0.717) is 12.2 Å². The second-order valence-electron chi connectivity index (χ2n) is 5.69. The van der Waals surface area contributed by atoms with Gasteiger partial charge in [0.2, 0.25) is 0 Å². The van der Waals surface area contributed by atoms with Gasteiger partial charge in [-0.3, -0.25) is 0 Å². The second kappa shape index (κ2) is 8.60. The van der Waals surface area contributed by atoms with E-state index in [4.69, 9.17) is 4.74 Å². The average molecular weight is 348 g/mol. The predicted octanol–water partition coefficient (Wildman–Crippen LogP) is 4.01. The van der Waals surface area contributed by atoms with E-state index in [1.54, 1.807) is 0 Å². The van der Waals surface area contributed by atoms with Gasteiger partial charge in [0.1, 0.15) is 0 Å². The van der Waals surface area contributed by atoms with E-state index in [9.17, 15) is 4.79 Å².